The van der Waals surface area contributed by atoms with E-state index in [1.165, 1.54) is 44.1 Å². The summed E-state index contributed by atoms with van der Waals surface area (Å²) in [4.78, 5) is 0. The summed E-state index contributed by atoms with van der Waals surface area (Å²) in [5, 5.41) is 3.50. The largest absolute Gasteiger partial charge is 0.467 e. The zero-order chi connectivity index (χ0) is 14.4. The smallest absolute Gasteiger partial charge is 0.133 e. The first-order valence-electron chi connectivity index (χ1n) is 7.96. The second-order valence-electron chi connectivity index (χ2n) is 6.90. The van der Waals surface area contributed by atoms with Crippen LogP contribution in [-0.2, 0) is 17.9 Å². The van der Waals surface area contributed by atoms with E-state index in [4.69, 9.17) is 9.15 Å². The van der Waals surface area contributed by atoms with Gasteiger partial charge in [0, 0.05) is 17.6 Å². The van der Waals surface area contributed by atoms with Gasteiger partial charge in [-0.05, 0) is 39.7 Å². The molecular weight excluding hydrogens is 250 g/mol. The Kier molecular flexibility index (Phi) is 5.67. The monoisotopic (exact) mass is 279 g/mol. The van der Waals surface area contributed by atoms with Crippen LogP contribution >= 0.6 is 0 Å². The summed E-state index contributed by atoms with van der Waals surface area (Å²) >= 11 is 0. The van der Waals surface area contributed by atoms with E-state index in [2.05, 4.69) is 26.1 Å². The quantitative estimate of drug-likeness (QED) is 0.811. The normalized spacial score (nSPS) is 18.1. The molecule has 0 unspecified atom stereocenters. The minimum absolute atomic E-state index is 0.122. The Labute approximate surface area is 123 Å². The van der Waals surface area contributed by atoms with E-state index < -0.39 is 0 Å². The predicted molar refractivity (Wildman–Crippen MR) is 81.6 cm³/mol. The number of ether oxygens (including phenoxy) is 1. The molecule has 3 heteroatoms. The number of hydrogen-bond donors (Lipinski definition) is 1. The van der Waals surface area contributed by atoms with Crippen LogP contribution in [0.2, 0.25) is 0 Å². The van der Waals surface area contributed by atoms with E-state index in [0.717, 1.165) is 12.3 Å². The number of hydrogen-bond acceptors (Lipinski definition) is 3. The maximum absolute atomic E-state index is 6.06. The van der Waals surface area contributed by atoms with Crippen LogP contribution in [0.4, 0.5) is 0 Å². The van der Waals surface area contributed by atoms with Gasteiger partial charge < -0.3 is 14.5 Å². The fourth-order valence-corrected chi connectivity index (χ4v) is 2.61. The molecule has 0 saturated heterocycles. The maximum Gasteiger partial charge on any atom is 0.133 e. The Bertz CT molecular complexity index is 384. The van der Waals surface area contributed by atoms with E-state index in [1.807, 2.05) is 6.07 Å². The zero-order valence-corrected chi connectivity index (χ0v) is 13.2. The molecule has 0 spiro atoms. The highest BCUT2D eigenvalue weighted by molar-refractivity contribution is 5.16. The van der Waals surface area contributed by atoms with Crippen molar-refractivity contribution >= 4 is 0 Å². The Morgan fingerprint density at radius 2 is 1.90 bits per heavy atom. The summed E-state index contributed by atoms with van der Waals surface area (Å²) in [6.45, 7) is 7.97. The van der Waals surface area contributed by atoms with E-state index >= 15 is 0 Å². The second-order valence-corrected chi connectivity index (χ2v) is 6.90. The first-order valence-corrected chi connectivity index (χ1v) is 7.96. The molecule has 0 radical (unpaired) electrons. The molecule has 0 aromatic carbocycles. The molecular formula is C17H29NO2. The lowest BCUT2D eigenvalue weighted by atomic mass is 10.1. The third-order valence-electron chi connectivity index (χ3n) is 3.90. The Balaban J connectivity index is 1.82. The molecule has 1 N–H and O–H groups in total. The molecule has 1 heterocycles. The van der Waals surface area contributed by atoms with Gasteiger partial charge in [0.2, 0.25) is 0 Å². The lowest BCUT2D eigenvalue weighted by Gasteiger charge is -2.20. The molecule has 1 aliphatic carbocycles. The number of nitrogens with one attached hydrogen (secondary N) is 1. The van der Waals surface area contributed by atoms with E-state index in [-0.39, 0.29) is 5.54 Å². The van der Waals surface area contributed by atoms with Crippen LogP contribution < -0.4 is 5.32 Å². The number of rotatable bonds is 5. The summed E-state index contributed by atoms with van der Waals surface area (Å²) in [7, 11) is 0. The lowest BCUT2D eigenvalue weighted by Crippen LogP contribution is -2.35. The Morgan fingerprint density at radius 3 is 2.55 bits per heavy atom. The third-order valence-corrected chi connectivity index (χ3v) is 3.90. The van der Waals surface area contributed by atoms with Crippen molar-refractivity contribution in [2.45, 2.75) is 84.1 Å². The highest BCUT2D eigenvalue weighted by Gasteiger charge is 2.16. The maximum atomic E-state index is 6.06. The Hall–Kier alpha value is -0.800. The van der Waals surface area contributed by atoms with Gasteiger partial charge in [-0.15, -0.1) is 0 Å². The van der Waals surface area contributed by atoms with Crippen molar-refractivity contribution < 1.29 is 9.15 Å². The molecule has 20 heavy (non-hydrogen) atoms. The van der Waals surface area contributed by atoms with Crippen molar-refractivity contribution in [1.29, 1.82) is 0 Å². The van der Waals surface area contributed by atoms with Crippen molar-refractivity contribution in [2.24, 2.45) is 0 Å². The summed E-state index contributed by atoms with van der Waals surface area (Å²) in [5.74, 6) is 0.978. The SMILES string of the molecule is CC(C)(C)NCc1ccoc1COC1CCCCCC1. The van der Waals surface area contributed by atoms with E-state index in [9.17, 15) is 0 Å². The van der Waals surface area contributed by atoms with Gasteiger partial charge in [-0.1, -0.05) is 25.7 Å². The van der Waals surface area contributed by atoms with Gasteiger partial charge in [-0.2, -0.15) is 0 Å². The molecule has 1 aromatic rings. The highest BCUT2D eigenvalue weighted by atomic mass is 16.5. The topological polar surface area (TPSA) is 34.4 Å². The minimum atomic E-state index is 0.122. The zero-order valence-electron chi connectivity index (χ0n) is 13.2. The van der Waals surface area contributed by atoms with Gasteiger partial charge in [0.15, 0.2) is 0 Å². The first kappa shape index (κ1) is 15.6. The summed E-state index contributed by atoms with van der Waals surface area (Å²) in [6.07, 6.45) is 9.94. The van der Waals surface area contributed by atoms with Gasteiger partial charge in [-0.25, -0.2) is 0 Å². The summed E-state index contributed by atoms with van der Waals surface area (Å²) in [5.41, 5.74) is 1.34. The molecule has 1 saturated carbocycles. The molecule has 0 atom stereocenters. The highest BCUT2D eigenvalue weighted by Crippen LogP contribution is 2.22. The van der Waals surface area contributed by atoms with Crippen molar-refractivity contribution in [3.63, 3.8) is 0 Å². The summed E-state index contributed by atoms with van der Waals surface area (Å²) < 4.78 is 11.6. The fraction of sp³-hybridized carbons (Fsp3) is 0.765. The van der Waals surface area contributed by atoms with E-state index in [1.54, 1.807) is 6.26 Å². The molecule has 0 aliphatic heterocycles. The third kappa shape index (κ3) is 5.29. The Morgan fingerprint density at radius 1 is 1.20 bits per heavy atom. The van der Waals surface area contributed by atoms with Gasteiger partial charge in [0.1, 0.15) is 12.4 Å². The molecule has 0 amide bonds. The fourth-order valence-electron chi connectivity index (χ4n) is 2.61. The molecule has 2 rings (SSSR count). The van der Waals surface area contributed by atoms with Crippen LogP contribution in [-0.4, -0.2) is 11.6 Å². The van der Waals surface area contributed by atoms with Gasteiger partial charge in [-0.3, -0.25) is 0 Å². The van der Waals surface area contributed by atoms with E-state index in [0.29, 0.717) is 12.7 Å². The molecule has 1 fully saturated rings. The first-order chi connectivity index (χ1) is 9.54. The average molecular weight is 279 g/mol. The standard InChI is InChI=1S/C17H29NO2/c1-17(2,3)18-12-14-10-11-19-16(14)13-20-15-8-6-4-5-7-9-15/h10-11,15,18H,4-9,12-13H2,1-3H3. The predicted octanol–water partition coefficient (Wildman–Crippen LogP) is 4.41. The van der Waals surface area contributed by atoms with Gasteiger partial charge in [0.05, 0.1) is 12.4 Å². The van der Waals surface area contributed by atoms with Crippen LogP contribution in [0.25, 0.3) is 0 Å². The van der Waals surface area contributed by atoms with Gasteiger partial charge >= 0.3 is 0 Å². The second kappa shape index (κ2) is 7.28. The van der Waals surface area contributed by atoms with Crippen LogP contribution in [0.15, 0.2) is 16.7 Å². The summed E-state index contributed by atoms with van der Waals surface area (Å²) in [6, 6.07) is 2.05. The molecule has 1 aliphatic rings. The van der Waals surface area contributed by atoms with Crippen molar-refractivity contribution in [2.75, 3.05) is 0 Å². The van der Waals surface area contributed by atoms with Crippen molar-refractivity contribution in [3.05, 3.63) is 23.7 Å². The van der Waals surface area contributed by atoms with Crippen LogP contribution in [0.1, 0.15) is 70.6 Å². The molecule has 1 aromatic heterocycles. The number of furan rings is 1. The van der Waals surface area contributed by atoms with Crippen LogP contribution in [0, 0.1) is 0 Å². The molecule has 0 bridgehead atoms. The molecule has 3 nitrogen and oxygen atoms in total. The molecule has 114 valence electrons. The van der Waals surface area contributed by atoms with Crippen LogP contribution in [0.5, 0.6) is 0 Å². The average Bonchev–Trinajstić information content (AvgIpc) is 2.67. The lowest BCUT2D eigenvalue weighted by molar-refractivity contribution is 0.0214. The van der Waals surface area contributed by atoms with Crippen molar-refractivity contribution in [3.8, 4) is 0 Å². The minimum Gasteiger partial charge on any atom is -0.467 e. The van der Waals surface area contributed by atoms with Crippen LogP contribution in [0.3, 0.4) is 0 Å². The van der Waals surface area contributed by atoms with Crippen molar-refractivity contribution in [1.82, 2.24) is 5.32 Å². The van der Waals surface area contributed by atoms with Gasteiger partial charge in [0.25, 0.3) is 0 Å².